The smallest absolute Gasteiger partial charge is 0.327 e. The van der Waals surface area contributed by atoms with E-state index in [0.717, 1.165) is 25.6 Å². The normalized spacial score (nSPS) is 22.4. The number of likely N-dealkylation sites (N-methyl/N-ethyl adjacent to an activating group) is 1. The molecule has 0 heterocycles. The molecule has 0 radical (unpaired) electrons. The lowest BCUT2D eigenvalue weighted by Crippen LogP contribution is -2.59. The fourth-order valence-electron chi connectivity index (χ4n) is 2.93. The molecule has 4 nitrogen and oxygen atoms in total. The van der Waals surface area contributed by atoms with Crippen LogP contribution in [0.5, 0.6) is 0 Å². The van der Waals surface area contributed by atoms with Crippen LogP contribution in [0.15, 0.2) is 0 Å². The topological polar surface area (TPSA) is 41.6 Å². The highest BCUT2D eigenvalue weighted by Gasteiger charge is 2.41. The molecular weight excluding hydrogens is 252 g/mol. The monoisotopic (exact) mass is 282 g/mol. The molecule has 2 aliphatic carbocycles. The summed E-state index contributed by atoms with van der Waals surface area (Å²) in [4.78, 5) is 14.8. The van der Waals surface area contributed by atoms with Gasteiger partial charge >= 0.3 is 5.97 Å². The minimum atomic E-state index is -0.559. The Labute approximate surface area is 123 Å². The molecule has 4 heteroatoms. The Kier molecular flexibility index (Phi) is 5.44. The van der Waals surface area contributed by atoms with E-state index < -0.39 is 5.54 Å². The van der Waals surface area contributed by atoms with Gasteiger partial charge in [0, 0.05) is 19.1 Å². The molecule has 2 saturated carbocycles. The lowest BCUT2D eigenvalue weighted by atomic mass is 9.85. The third kappa shape index (κ3) is 4.19. The third-order valence-electron chi connectivity index (χ3n) is 4.55. The molecule has 0 amide bonds. The molecule has 20 heavy (non-hydrogen) atoms. The number of nitrogens with zero attached hydrogens (tertiary/aromatic N) is 1. The van der Waals surface area contributed by atoms with Crippen LogP contribution in [0, 0.1) is 5.92 Å². The summed E-state index contributed by atoms with van der Waals surface area (Å²) in [5.74, 6) is 0.737. The van der Waals surface area contributed by atoms with Crippen molar-refractivity contribution < 1.29 is 9.53 Å². The standard InChI is InChI=1S/C16H30N2O2/c1-4-18(11-13-7-6-8-13)12-16(3,15(19)20-5-2)17-14-9-10-14/h13-14,17H,4-12H2,1-3H3. The fraction of sp³-hybridized carbons (Fsp3) is 0.938. The molecule has 0 spiro atoms. The number of nitrogens with one attached hydrogen (secondary N) is 1. The van der Waals surface area contributed by atoms with Gasteiger partial charge in [0.1, 0.15) is 5.54 Å². The fourth-order valence-corrected chi connectivity index (χ4v) is 2.93. The Hall–Kier alpha value is -0.610. The SMILES string of the molecule is CCOC(=O)C(C)(CN(CC)CC1CCC1)NC1CC1. The van der Waals surface area contributed by atoms with Crippen molar-refractivity contribution in [3.8, 4) is 0 Å². The van der Waals surface area contributed by atoms with Crippen molar-refractivity contribution in [3.63, 3.8) is 0 Å². The summed E-state index contributed by atoms with van der Waals surface area (Å²) < 4.78 is 5.30. The van der Waals surface area contributed by atoms with Gasteiger partial charge in [-0.25, -0.2) is 0 Å². The van der Waals surface area contributed by atoms with Gasteiger partial charge in [-0.2, -0.15) is 0 Å². The molecule has 0 aromatic heterocycles. The summed E-state index contributed by atoms with van der Waals surface area (Å²) >= 11 is 0. The van der Waals surface area contributed by atoms with Gasteiger partial charge in [-0.3, -0.25) is 10.1 Å². The van der Waals surface area contributed by atoms with Gasteiger partial charge < -0.3 is 9.64 Å². The zero-order valence-corrected chi connectivity index (χ0v) is 13.3. The Morgan fingerprint density at radius 1 is 1.30 bits per heavy atom. The van der Waals surface area contributed by atoms with Crippen molar-refractivity contribution in [3.05, 3.63) is 0 Å². The van der Waals surface area contributed by atoms with Gasteiger partial charge in [-0.1, -0.05) is 13.3 Å². The van der Waals surface area contributed by atoms with Gasteiger partial charge in [-0.05, 0) is 52.0 Å². The molecule has 0 aromatic carbocycles. The Balaban J connectivity index is 1.94. The number of ether oxygens (including phenoxy) is 1. The minimum absolute atomic E-state index is 0.0982. The Morgan fingerprint density at radius 3 is 2.45 bits per heavy atom. The highest BCUT2D eigenvalue weighted by Crippen LogP contribution is 2.28. The second-order valence-electron chi connectivity index (χ2n) is 6.60. The first kappa shape index (κ1) is 15.8. The summed E-state index contributed by atoms with van der Waals surface area (Å²) in [6.07, 6.45) is 6.44. The van der Waals surface area contributed by atoms with E-state index in [9.17, 15) is 4.79 Å². The second kappa shape index (κ2) is 6.90. The van der Waals surface area contributed by atoms with Crippen molar-refractivity contribution in [1.29, 1.82) is 0 Å². The summed E-state index contributed by atoms with van der Waals surface area (Å²) in [6, 6.07) is 0.506. The number of carbonyl (C=O) groups excluding carboxylic acids is 1. The lowest BCUT2D eigenvalue weighted by molar-refractivity contribution is -0.151. The maximum absolute atomic E-state index is 12.3. The van der Waals surface area contributed by atoms with Gasteiger partial charge in [0.15, 0.2) is 0 Å². The Morgan fingerprint density at radius 2 is 2.00 bits per heavy atom. The molecule has 2 rings (SSSR count). The van der Waals surface area contributed by atoms with E-state index in [2.05, 4.69) is 17.1 Å². The predicted molar refractivity (Wildman–Crippen MR) is 80.7 cm³/mol. The number of rotatable bonds is 9. The van der Waals surface area contributed by atoms with E-state index in [1.54, 1.807) is 0 Å². The molecule has 0 saturated heterocycles. The average molecular weight is 282 g/mol. The number of esters is 1. The van der Waals surface area contributed by atoms with E-state index in [-0.39, 0.29) is 5.97 Å². The zero-order valence-electron chi connectivity index (χ0n) is 13.3. The number of hydrogen-bond acceptors (Lipinski definition) is 4. The Bertz CT molecular complexity index is 326. The lowest BCUT2D eigenvalue weighted by Gasteiger charge is -2.37. The molecule has 1 unspecified atom stereocenters. The van der Waals surface area contributed by atoms with E-state index in [1.165, 1.54) is 32.1 Å². The van der Waals surface area contributed by atoms with Gasteiger partial charge in [0.05, 0.1) is 6.61 Å². The van der Waals surface area contributed by atoms with Crippen LogP contribution in [-0.2, 0) is 9.53 Å². The molecule has 1 atom stereocenters. The maximum atomic E-state index is 12.3. The maximum Gasteiger partial charge on any atom is 0.327 e. The first-order valence-corrected chi connectivity index (χ1v) is 8.24. The van der Waals surface area contributed by atoms with Crippen LogP contribution in [0.1, 0.15) is 52.9 Å². The zero-order chi connectivity index (χ0) is 14.6. The van der Waals surface area contributed by atoms with Crippen LogP contribution in [-0.4, -0.2) is 48.7 Å². The highest BCUT2D eigenvalue weighted by atomic mass is 16.5. The summed E-state index contributed by atoms with van der Waals surface area (Å²) in [6.45, 7) is 9.40. The first-order chi connectivity index (χ1) is 9.57. The van der Waals surface area contributed by atoms with Gasteiger partial charge in [-0.15, -0.1) is 0 Å². The van der Waals surface area contributed by atoms with Crippen LogP contribution in [0.25, 0.3) is 0 Å². The largest absolute Gasteiger partial charge is 0.465 e. The van der Waals surface area contributed by atoms with Crippen molar-refractivity contribution in [1.82, 2.24) is 10.2 Å². The van der Waals surface area contributed by atoms with Crippen LogP contribution in [0.2, 0.25) is 0 Å². The van der Waals surface area contributed by atoms with E-state index in [4.69, 9.17) is 4.74 Å². The molecule has 2 aliphatic rings. The van der Waals surface area contributed by atoms with Crippen molar-refractivity contribution >= 4 is 5.97 Å². The molecule has 0 aromatic rings. The molecule has 1 N–H and O–H groups in total. The first-order valence-electron chi connectivity index (χ1n) is 8.24. The van der Waals surface area contributed by atoms with Crippen molar-refractivity contribution in [2.24, 2.45) is 5.92 Å². The third-order valence-corrected chi connectivity index (χ3v) is 4.55. The van der Waals surface area contributed by atoms with E-state index in [0.29, 0.717) is 12.6 Å². The van der Waals surface area contributed by atoms with Crippen LogP contribution in [0.3, 0.4) is 0 Å². The van der Waals surface area contributed by atoms with Crippen molar-refractivity contribution in [2.45, 2.75) is 64.5 Å². The minimum Gasteiger partial charge on any atom is -0.465 e. The van der Waals surface area contributed by atoms with E-state index >= 15 is 0 Å². The molecular formula is C16H30N2O2. The molecule has 2 fully saturated rings. The van der Waals surface area contributed by atoms with Gasteiger partial charge in [0.25, 0.3) is 0 Å². The van der Waals surface area contributed by atoms with E-state index in [1.807, 2.05) is 13.8 Å². The quantitative estimate of drug-likeness (QED) is 0.658. The number of carbonyl (C=O) groups is 1. The summed E-state index contributed by atoms with van der Waals surface area (Å²) in [7, 11) is 0. The molecule has 0 aliphatic heterocycles. The van der Waals surface area contributed by atoms with Gasteiger partial charge in [0.2, 0.25) is 0 Å². The predicted octanol–water partition coefficient (Wildman–Crippen LogP) is 2.18. The molecule has 116 valence electrons. The molecule has 0 bridgehead atoms. The number of hydrogen-bond donors (Lipinski definition) is 1. The summed E-state index contributed by atoms with van der Waals surface area (Å²) in [5.41, 5.74) is -0.559. The van der Waals surface area contributed by atoms with Crippen LogP contribution in [0.4, 0.5) is 0 Å². The summed E-state index contributed by atoms with van der Waals surface area (Å²) in [5, 5.41) is 3.51. The van der Waals surface area contributed by atoms with Crippen LogP contribution < -0.4 is 5.32 Å². The second-order valence-corrected chi connectivity index (χ2v) is 6.60. The van der Waals surface area contributed by atoms with Crippen LogP contribution >= 0.6 is 0 Å². The highest BCUT2D eigenvalue weighted by molar-refractivity contribution is 5.80. The average Bonchev–Trinajstić information content (AvgIpc) is 3.16. The van der Waals surface area contributed by atoms with Crippen molar-refractivity contribution in [2.75, 3.05) is 26.2 Å².